The summed E-state index contributed by atoms with van der Waals surface area (Å²) in [7, 11) is 3.06. The summed E-state index contributed by atoms with van der Waals surface area (Å²) in [5.74, 6) is -0.905. The standard InChI is InChI=1S/C19H16ClN5O2S/c1-10(26)16(19(27)25(2)3)28-18-14(9-22)15(13(8-21)17(23)24-18)11-4-6-12(20)7-5-11/h4-7,16H,1-3H3,(H2,23,24). The monoisotopic (exact) mass is 413 g/mol. The van der Waals surface area contributed by atoms with Gasteiger partial charge in [0.1, 0.15) is 33.8 Å². The van der Waals surface area contributed by atoms with Gasteiger partial charge in [-0.05, 0) is 24.6 Å². The number of pyridine rings is 1. The zero-order chi connectivity index (χ0) is 21.0. The first kappa shape index (κ1) is 21.2. The summed E-state index contributed by atoms with van der Waals surface area (Å²) < 4.78 is 0. The molecule has 2 N–H and O–H groups in total. The molecule has 28 heavy (non-hydrogen) atoms. The number of thioether (sulfide) groups is 1. The summed E-state index contributed by atoms with van der Waals surface area (Å²) in [5.41, 5.74) is 6.89. The second-order valence-electron chi connectivity index (χ2n) is 6.00. The highest BCUT2D eigenvalue weighted by Crippen LogP contribution is 2.37. The molecule has 1 aromatic carbocycles. The molecule has 0 aliphatic rings. The molecule has 1 aromatic heterocycles. The van der Waals surface area contributed by atoms with Crippen molar-refractivity contribution in [2.75, 3.05) is 19.8 Å². The van der Waals surface area contributed by atoms with E-state index in [9.17, 15) is 20.1 Å². The number of hydrogen-bond donors (Lipinski definition) is 1. The van der Waals surface area contributed by atoms with Crippen LogP contribution in [-0.4, -0.2) is 40.9 Å². The fourth-order valence-electron chi connectivity index (χ4n) is 2.44. The minimum Gasteiger partial charge on any atom is -0.383 e. The molecule has 0 aliphatic carbocycles. The van der Waals surface area contributed by atoms with Crippen LogP contribution >= 0.6 is 23.4 Å². The van der Waals surface area contributed by atoms with Crippen molar-refractivity contribution in [1.82, 2.24) is 9.88 Å². The molecular formula is C19H16ClN5O2S. The second kappa shape index (κ2) is 8.75. The Balaban J connectivity index is 2.72. The maximum atomic E-state index is 12.4. The normalized spacial score (nSPS) is 11.2. The lowest BCUT2D eigenvalue weighted by Gasteiger charge is -2.19. The van der Waals surface area contributed by atoms with Crippen molar-refractivity contribution < 1.29 is 9.59 Å². The highest BCUT2D eigenvalue weighted by Gasteiger charge is 2.30. The van der Waals surface area contributed by atoms with Crippen molar-refractivity contribution >= 4 is 40.9 Å². The number of carbonyl (C=O) groups is 2. The van der Waals surface area contributed by atoms with Crippen LogP contribution in [0.25, 0.3) is 11.1 Å². The van der Waals surface area contributed by atoms with Crippen LogP contribution in [0.1, 0.15) is 18.1 Å². The number of nitriles is 2. The van der Waals surface area contributed by atoms with Crippen LogP contribution in [0, 0.1) is 22.7 Å². The van der Waals surface area contributed by atoms with E-state index in [1.807, 2.05) is 12.1 Å². The van der Waals surface area contributed by atoms with Crippen LogP contribution in [0.5, 0.6) is 0 Å². The lowest BCUT2D eigenvalue weighted by molar-refractivity contribution is -0.132. The third-order valence-electron chi connectivity index (χ3n) is 3.81. The molecule has 0 fully saturated rings. The SMILES string of the molecule is CC(=O)C(Sc1nc(N)c(C#N)c(-c2ccc(Cl)cc2)c1C#N)C(=O)N(C)C. The predicted molar refractivity (Wildman–Crippen MR) is 108 cm³/mol. The Kier molecular flexibility index (Phi) is 6.63. The fourth-order valence-corrected chi connectivity index (χ4v) is 3.69. The van der Waals surface area contributed by atoms with Gasteiger partial charge in [0.15, 0.2) is 5.78 Å². The van der Waals surface area contributed by atoms with E-state index < -0.39 is 11.2 Å². The number of ketones is 1. The lowest BCUT2D eigenvalue weighted by Crippen LogP contribution is -2.36. The number of aromatic nitrogens is 1. The van der Waals surface area contributed by atoms with Crippen molar-refractivity contribution in [3.63, 3.8) is 0 Å². The van der Waals surface area contributed by atoms with E-state index >= 15 is 0 Å². The number of amides is 1. The zero-order valence-electron chi connectivity index (χ0n) is 15.4. The van der Waals surface area contributed by atoms with Crippen molar-refractivity contribution in [3.05, 3.63) is 40.4 Å². The van der Waals surface area contributed by atoms with Gasteiger partial charge in [-0.2, -0.15) is 10.5 Å². The third kappa shape index (κ3) is 4.25. The molecule has 1 atom stereocenters. The molecule has 2 rings (SSSR count). The van der Waals surface area contributed by atoms with E-state index in [0.29, 0.717) is 10.6 Å². The van der Waals surface area contributed by atoms with Crippen molar-refractivity contribution in [1.29, 1.82) is 10.5 Å². The van der Waals surface area contributed by atoms with Gasteiger partial charge < -0.3 is 10.6 Å². The van der Waals surface area contributed by atoms with Gasteiger partial charge in [-0.25, -0.2) is 4.98 Å². The molecule has 0 spiro atoms. The summed E-state index contributed by atoms with van der Waals surface area (Å²) in [4.78, 5) is 29.8. The van der Waals surface area contributed by atoms with E-state index in [-0.39, 0.29) is 33.3 Å². The lowest BCUT2D eigenvalue weighted by atomic mass is 9.97. The fraction of sp³-hybridized carbons (Fsp3) is 0.211. The van der Waals surface area contributed by atoms with Gasteiger partial charge in [-0.3, -0.25) is 9.59 Å². The third-order valence-corrected chi connectivity index (χ3v) is 5.35. The van der Waals surface area contributed by atoms with E-state index in [4.69, 9.17) is 17.3 Å². The Morgan fingerprint density at radius 3 is 2.21 bits per heavy atom. The maximum absolute atomic E-state index is 12.4. The number of benzene rings is 1. The largest absolute Gasteiger partial charge is 0.383 e. The first-order valence-electron chi connectivity index (χ1n) is 7.99. The number of halogens is 1. The Bertz CT molecular complexity index is 1020. The number of nitrogens with two attached hydrogens (primary N) is 1. The number of carbonyl (C=O) groups excluding carboxylic acids is 2. The average molecular weight is 414 g/mol. The van der Waals surface area contributed by atoms with Crippen molar-refractivity contribution in [3.8, 4) is 23.3 Å². The molecule has 1 heterocycles. The predicted octanol–water partition coefficient (Wildman–Crippen LogP) is 2.87. The van der Waals surface area contributed by atoms with Crippen LogP contribution in [-0.2, 0) is 9.59 Å². The van der Waals surface area contributed by atoms with Gasteiger partial charge in [-0.15, -0.1) is 0 Å². The van der Waals surface area contributed by atoms with Crippen LogP contribution in [0.2, 0.25) is 5.02 Å². The zero-order valence-corrected chi connectivity index (χ0v) is 16.9. The number of rotatable bonds is 5. The Hall–Kier alpha value is -3.07. The van der Waals surface area contributed by atoms with Gasteiger partial charge >= 0.3 is 0 Å². The number of Topliss-reactive ketones (excluding diaryl/α,β-unsaturated/α-hetero) is 1. The summed E-state index contributed by atoms with van der Waals surface area (Å²) >= 11 is 6.77. The summed E-state index contributed by atoms with van der Waals surface area (Å²) in [5, 5.41) is 18.8. The minimum absolute atomic E-state index is 0.0431. The van der Waals surface area contributed by atoms with E-state index in [1.165, 1.54) is 25.9 Å². The highest BCUT2D eigenvalue weighted by molar-refractivity contribution is 8.01. The number of anilines is 1. The Morgan fingerprint density at radius 2 is 1.75 bits per heavy atom. The molecular weight excluding hydrogens is 398 g/mol. The van der Waals surface area contributed by atoms with E-state index in [0.717, 1.165) is 11.8 Å². The minimum atomic E-state index is -1.08. The molecule has 0 bridgehead atoms. The van der Waals surface area contributed by atoms with Gasteiger partial charge in [-0.1, -0.05) is 35.5 Å². The van der Waals surface area contributed by atoms with Crippen LogP contribution in [0.3, 0.4) is 0 Å². The van der Waals surface area contributed by atoms with Crippen LogP contribution < -0.4 is 5.73 Å². The highest BCUT2D eigenvalue weighted by atomic mass is 35.5. The molecule has 0 saturated heterocycles. The van der Waals surface area contributed by atoms with Gasteiger partial charge in [0, 0.05) is 24.7 Å². The summed E-state index contributed by atoms with van der Waals surface area (Å²) in [6, 6.07) is 10.6. The van der Waals surface area contributed by atoms with Gasteiger partial charge in [0.05, 0.1) is 5.56 Å². The molecule has 0 aliphatic heterocycles. The molecule has 1 unspecified atom stereocenters. The van der Waals surface area contributed by atoms with Crippen LogP contribution in [0.4, 0.5) is 5.82 Å². The first-order chi connectivity index (χ1) is 13.2. The summed E-state index contributed by atoms with van der Waals surface area (Å²) in [6.45, 7) is 1.29. The van der Waals surface area contributed by atoms with Crippen molar-refractivity contribution in [2.24, 2.45) is 0 Å². The number of hydrogen-bond acceptors (Lipinski definition) is 7. The molecule has 1 amide bonds. The number of nitrogens with zero attached hydrogens (tertiary/aromatic N) is 4. The molecule has 9 heteroatoms. The molecule has 0 saturated carbocycles. The van der Waals surface area contributed by atoms with Gasteiger partial charge in [0.25, 0.3) is 0 Å². The van der Waals surface area contributed by atoms with E-state index in [1.54, 1.807) is 24.3 Å². The summed E-state index contributed by atoms with van der Waals surface area (Å²) in [6.07, 6.45) is 0. The second-order valence-corrected chi connectivity index (χ2v) is 7.53. The van der Waals surface area contributed by atoms with E-state index in [2.05, 4.69) is 4.98 Å². The topological polar surface area (TPSA) is 124 Å². The molecule has 7 nitrogen and oxygen atoms in total. The maximum Gasteiger partial charge on any atom is 0.243 e. The van der Waals surface area contributed by atoms with Crippen LogP contribution in [0.15, 0.2) is 29.3 Å². The average Bonchev–Trinajstić information content (AvgIpc) is 2.65. The quantitative estimate of drug-likeness (QED) is 0.590. The Labute approximate surface area is 171 Å². The van der Waals surface area contributed by atoms with Crippen molar-refractivity contribution in [2.45, 2.75) is 17.2 Å². The Morgan fingerprint density at radius 1 is 1.18 bits per heavy atom. The molecule has 142 valence electrons. The smallest absolute Gasteiger partial charge is 0.243 e. The van der Waals surface area contributed by atoms with Gasteiger partial charge in [0.2, 0.25) is 5.91 Å². The molecule has 0 radical (unpaired) electrons. The molecule has 2 aromatic rings. The first-order valence-corrected chi connectivity index (χ1v) is 9.24. The number of nitrogen functional groups attached to an aromatic ring is 1.